The summed E-state index contributed by atoms with van der Waals surface area (Å²) in [6, 6.07) is 8.11. The first-order valence-corrected chi connectivity index (χ1v) is 5.62. The average Bonchev–Trinajstić information content (AvgIpc) is 2.80. The third-order valence-corrected chi connectivity index (χ3v) is 3.10. The number of benzene rings is 1. The lowest BCUT2D eigenvalue weighted by Gasteiger charge is -1.97. The Morgan fingerprint density at radius 2 is 2.07 bits per heavy atom. The Kier molecular flexibility index (Phi) is 2.02. The zero-order valence-electron chi connectivity index (χ0n) is 7.96. The second-order valence-electron chi connectivity index (χ2n) is 3.52. The van der Waals surface area contributed by atoms with Gasteiger partial charge in [0.05, 0.1) is 0 Å². The van der Waals surface area contributed by atoms with E-state index in [1.807, 2.05) is 24.3 Å². The molecule has 15 heavy (non-hydrogen) atoms. The van der Waals surface area contributed by atoms with Gasteiger partial charge in [0.2, 0.25) is 5.88 Å². The molecule has 76 valence electrons. The summed E-state index contributed by atoms with van der Waals surface area (Å²) in [7, 11) is 0. The topological polar surface area (TPSA) is 38.1 Å². The van der Waals surface area contributed by atoms with Gasteiger partial charge in [-0.05, 0) is 18.6 Å². The van der Waals surface area contributed by atoms with Gasteiger partial charge in [-0.25, -0.2) is 0 Å². The highest BCUT2D eigenvalue weighted by Crippen LogP contribution is 2.32. The minimum Gasteiger partial charge on any atom is -0.353 e. The van der Waals surface area contributed by atoms with Gasteiger partial charge in [0, 0.05) is 22.1 Å². The molecule has 2 heterocycles. The molecule has 0 fully saturated rings. The highest BCUT2D eigenvalue weighted by Gasteiger charge is 2.21. The molecule has 0 aliphatic carbocycles. The van der Waals surface area contributed by atoms with Crippen LogP contribution >= 0.6 is 15.9 Å². The number of fused-ring (bicyclic) bond motifs is 1. The van der Waals surface area contributed by atoms with Crippen LogP contribution in [0.1, 0.15) is 5.56 Å². The van der Waals surface area contributed by atoms with E-state index >= 15 is 0 Å². The molecule has 1 aliphatic rings. The third kappa shape index (κ3) is 1.45. The summed E-state index contributed by atoms with van der Waals surface area (Å²) in [5.74, 6) is 0.827. The summed E-state index contributed by atoms with van der Waals surface area (Å²) in [6.07, 6.45) is 0.990. The zero-order chi connectivity index (χ0) is 10.3. The molecular weight excluding hydrogens is 256 g/mol. The number of hydrogen-bond donors (Lipinski definition) is 1. The second-order valence-corrected chi connectivity index (χ2v) is 4.44. The molecule has 1 aromatic heterocycles. The molecule has 0 saturated carbocycles. The van der Waals surface area contributed by atoms with E-state index in [1.165, 1.54) is 5.56 Å². The van der Waals surface area contributed by atoms with Crippen molar-refractivity contribution in [2.45, 2.75) is 6.42 Å². The van der Waals surface area contributed by atoms with Crippen molar-refractivity contribution in [2.75, 3.05) is 11.9 Å². The van der Waals surface area contributed by atoms with Crippen LogP contribution in [-0.4, -0.2) is 11.7 Å². The smallest absolute Gasteiger partial charge is 0.228 e. The number of aromatic nitrogens is 1. The van der Waals surface area contributed by atoms with Gasteiger partial charge in [-0.1, -0.05) is 33.2 Å². The number of anilines is 1. The number of hydrogen-bond acceptors (Lipinski definition) is 3. The van der Waals surface area contributed by atoms with E-state index in [9.17, 15) is 0 Å². The first-order valence-electron chi connectivity index (χ1n) is 4.83. The molecule has 1 aliphatic heterocycles. The summed E-state index contributed by atoms with van der Waals surface area (Å²) < 4.78 is 6.29. The van der Waals surface area contributed by atoms with Gasteiger partial charge in [0.1, 0.15) is 5.69 Å². The number of rotatable bonds is 1. The normalized spacial score (nSPS) is 13.7. The SMILES string of the molecule is Brc1ccc(-c2noc3c2CCN3)cc1. The lowest BCUT2D eigenvalue weighted by Crippen LogP contribution is -1.92. The molecule has 1 N–H and O–H groups in total. The van der Waals surface area contributed by atoms with E-state index in [0.29, 0.717) is 0 Å². The van der Waals surface area contributed by atoms with E-state index in [0.717, 1.165) is 34.6 Å². The first-order chi connectivity index (χ1) is 7.34. The summed E-state index contributed by atoms with van der Waals surface area (Å²) in [5.41, 5.74) is 3.26. The van der Waals surface area contributed by atoms with Crippen molar-refractivity contribution < 1.29 is 4.52 Å². The van der Waals surface area contributed by atoms with Crippen molar-refractivity contribution in [1.29, 1.82) is 0 Å². The van der Waals surface area contributed by atoms with Crippen molar-refractivity contribution >= 4 is 21.8 Å². The quantitative estimate of drug-likeness (QED) is 0.861. The zero-order valence-corrected chi connectivity index (χ0v) is 9.54. The molecule has 1 aromatic carbocycles. The summed E-state index contributed by atoms with van der Waals surface area (Å²) >= 11 is 3.41. The van der Waals surface area contributed by atoms with Crippen LogP contribution in [0.3, 0.4) is 0 Å². The van der Waals surface area contributed by atoms with E-state index in [-0.39, 0.29) is 0 Å². The Morgan fingerprint density at radius 3 is 2.87 bits per heavy atom. The fourth-order valence-corrected chi connectivity index (χ4v) is 2.08. The van der Waals surface area contributed by atoms with Gasteiger partial charge in [-0.3, -0.25) is 0 Å². The first kappa shape index (κ1) is 8.97. The minimum absolute atomic E-state index is 0.827. The van der Waals surface area contributed by atoms with Crippen LogP contribution in [-0.2, 0) is 6.42 Å². The second kappa shape index (κ2) is 3.38. The third-order valence-electron chi connectivity index (χ3n) is 2.57. The molecule has 0 spiro atoms. The van der Waals surface area contributed by atoms with Gasteiger partial charge < -0.3 is 9.84 Å². The van der Waals surface area contributed by atoms with Crippen molar-refractivity contribution in [3.8, 4) is 11.3 Å². The maximum Gasteiger partial charge on any atom is 0.228 e. The van der Waals surface area contributed by atoms with Crippen LogP contribution in [0.25, 0.3) is 11.3 Å². The van der Waals surface area contributed by atoms with Crippen molar-refractivity contribution in [3.63, 3.8) is 0 Å². The molecule has 0 unspecified atom stereocenters. The Labute approximate surface area is 95.6 Å². The van der Waals surface area contributed by atoms with Gasteiger partial charge in [-0.15, -0.1) is 0 Å². The van der Waals surface area contributed by atoms with E-state index in [4.69, 9.17) is 4.52 Å². The number of halogens is 1. The largest absolute Gasteiger partial charge is 0.353 e. The molecule has 0 atom stereocenters. The summed E-state index contributed by atoms with van der Waals surface area (Å²) in [5, 5.41) is 7.25. The van der Waals surface area contributed by atoms with Gasteiger partial charge in [0.25, 0.3) is 0 Å². The van der Waals surface area contributed by atoms with Crippen molar-refractivity contribution in [1.82, 2.24) is 5.16 Å². The Bertz CT molecular complexity index is 490. The molecule has 0 saturated heterocycles. The molecule has 3 nitrogen and oxygen atoms in total. The van der Waals surface area contributed by atoms with E-state index in [2.05, 4.69) is 26.4 Å². The van der Waals surface area contributed by atoms with Crippen LogP contribution < -0.4 is 5.32 Å². The lowest BCUT2D eigenvalue weighted by atomic mass is 10.1. The molecule has 0 amide bonds. The fourth-order valence-electron chi connectivity index (χ4n) is 1.82. The predicted octanol–water partition coefficient (Wildman–Crippen LogP) is 3.07. The van der Waals surface area contributed by atoms with Crippen LogP contribution in [0.4, 0.5) is 5.88 Å². The van der Waals surface area contributed by atoms with E-state index in [1.54, 1.807) is 0 Å². The van der Waals surface area contributed by atoms with Crippen LogP contribution in [0.15, 0.2) is 33.3 Å². The highest BCUT2D eigenvalue weighted by atomic mass is 79.9. The fraction of sp³-hybridized carbons (Fsp3) is 0.182. The molecular formula is C11H9BrN2O. The van der Waals surface area contributed by atoms with E-state index < -0.39 is 0 Å². The Hall–Kier alpha value is -1.29. The van der Waals surface area contributed by atoms with Crippen molar-refractivity contribution in [3.05, 3.63) is 34.3 Å². The molecule has 0 bridgehead atoms. The van der Waals surface area contributed by atoms with Crippen LogP contribution in [0.2, 0.25) is 0 Å². The molecule has 4 heteroatoms. The summed E-state index contributed by atoms with van der Waals surface area (Å²) in [4.78, 5) is 0. The van der Waals surface area contributed by atoms with Gasteiger partial charge in [-0.2, -0.15) is 0 Å². The van der Waals surface area contributed by atoms with Crippen LogP contribution in [0, 0.1) is 0 Å². The highest BCUT2D eigenvalue weighted by molar-refractivity contribution is 9.10. The van der Waals surface area contributed by atoms with Gasteiger partial charge >= 0.3 is 0 Å². The van der Waals surface area contributed by atoms with Crippen molar-refractivity contribution in [2.24, 2.45) is 0 Å². The predicted molar refractivity (Wildman–Crippen MR) is 61.8 cm³/mol. The van der Waals surface area contributed by atoms with Crippen LogP contribution in [0.5, 0.6) is 0 Å². The van der Waals surface area contributed by atoms with Gasteiger partial charge in [0.15, 0.2) is 0 Å². The average molecular weight is 265 g/mol. The molecule has 3 rings (SSSR count). The monoisotopic (exact) mass is 264 g/mol. The Morgan fingerprint density at radius 1 is 1.27 bits per heavy atom. The number of nitrogens with zero attached hydrogens (tertiary/aromatic N) is 1. The minimum atomic E-state index is 0.827. The summed E-state index contributed by atoms with van der Waals surface area (Å²) in [6.45, 7) is 0.945. The Balaban J connectivity index is 2.09. The number of nitrogens with one attached hydrogen (secondary N) is 1. The standard InChI is InChI=1S/C11H9BrN2O/c12-8-3-1-7(2-4-8)10-9-5-6-13-11(9)15-14-10/h1-4,13H,5-6H2. The molecule has 0 radical (unpaired) electrons. The molecule has 2 aromatic rings. The maximum atomic E-state index is 5.22. The lowest BCUT2D eigenvalue weighted by molar-refractivity contribution is 0.436. The maximum absolute atomic E-state index is 5.22.